The van der Waals surface area contributed by atoms with Crippen LogP contribution in [0.3, 0.4) is 0 Å². The Kier molecular flexibility index (Phi) is 7.93. The van der Waals surface area contributed by atoms with Gasteiger partial charge in [0.1, 0.15) is 5.00 Å². The minimum atomic E-state index is -8.12. The second-order valence-corrected chi connectivity index (χ2v) is 9.40. The SMILES string of the molecule is CCCC1CCc2c(sc(NC(=O)C(F)(F)C(F)(F)C(F)(F)C(F)(F)C(F)(F)C(F)(F)F)c2C(N)=O)C1. The molecule has 18 heteroatoms. The number of fused-ring (bicyclic) bond motifs is 1. The fraction of sp³-hybridized carbons (Fsp3) is 0.684. The highest BCUT2D eigenvalue weighted by Gasteiger charge is 2.91. The Hall–Kier alpha value is -2.27. The van der Waals surface area contributed by atoms with Crippen LogP contribution < -0.4 is 11.1 Å². The minimum Gasteiger partial charge on any atom is -0.365 e. The molecule has 0 bridgehead atoms. The van der Waals surface area contributed by atoms with Crippen molar-refractivity contribution in [3.05, 3.63) is 16.0 Å². The van der Waals surface area contributed by atoms with E-state index in [-0.39, 0.29) is 24.3 Å². The van der Waals surface area contributed by atoms with Crippen molar-refractivity contribution in [1.82, 2.24) is 0 Å². The lowest BCUT2D eigenvalue weighted by Crippen LogP contribution is -2.71. The molecule has 37 heavy (non-hydrogen) atoms. The highest BCUT2D eigenvalue weighted by molar-refractivity contribution is 7.17. The van der Waals surface area contributed by atoms with Crippen LogP contribution >= 0.6 is 11.3 Å². The third kappa shape index (κ3) is 4.73. The van der Waals surface area contributed by atoms with E-state index >= 15 is 0 Å². The van der Waals surface area contributed by atoms with Crippen molar-refractivity contribution in [2.24, 2.45) is 11.7 Å². The fourth-order valence-electron chi connectivity index (χ4n) is 3.75. The summed E-state index contributed by atoms with van der Waals surface area (Å²) in [6.07, 6.45) is -5.34. The quantitative estimate of drug-likeness (QED) is 0.329. The van der Waals surface area contributed by atoms with Crippen LogP contribution in [0.25, 0.3) is 0 Å². The van der Waals surface area contributed by atoms with E-state index < -0.39 is 58.2 Å². The van der Waals surface area contributed by atoms with E-state index in [2.05, 4.69) is 0 Å². The van der Waals surface area contributed by atoms with Gasteiger partial charge in [-0.15, -0.1) is 11.3 Å². The number of thiophene rings is 1. The van der Waals surface area contributed by atoms with E-state index in [9.17, 15) is 66.7 Å². The van der Waals surface area contributed by atoms with Gasteiger partial charge >= 0.3 is 41.7 Å². The first-order chi connectivity index (χ1) is 16.5. The summed E-state index contributed by atoms with van der Waals surface area (Å²) in [5.41, 5.74) is 4.62. The number of rotatable bonds is 9. The zero-order chi connectivity index (χ0) is 29.0. The number of halogens is 13. The molecule has 0 aromatic carbocycles. The molecule has 1 aromatic rings. The molecule has 0 fully saturated rings. The lowest BCUT2D eigenvalue weighted by molar-refractivity contribution is -0.435. The van der Waals surface area contributed by atoms with Crippen molar-refractivity contribution < 1.29 is 66.7 Å². The molecule has 3 N–H and O–H groups in total. The van der Waals surface area contributed by atoms with Gasteiger partial charge in [-0.25, -0.2) is 0 Å². The molecular formula is C19H17F13N2O2S. The van der Waals surface area contributed by atoms with Crippen LogP contribution in [0.2, 0.25) is 0 Å². The van der Waals surface area contributed by atoms with Gasteiger partial charge in [-0.3, -0.25) is 9.59 Å². The maximum absolute atomic E-state index is 14.2. The molecule has 1 aliphatic rings. The first-order valence-corrected chi connectivity index (χ1v) is 11.0. The lowest BCUT2D eigenvalue weighted by Gasteiger charge is -2.39. The number of alkyl halides is 13. The summed E-state index contributed by atoms with van der Waals surface area (Å²) in [4.78, 5) is 24.0. The highest BCUT2D eigenvalue weighted by Crippen LogP contribution is 2.60. The van der Waals surface area contributed by atoms with Gasteiger partial charge in [0, 0.05) is 4.88 Å². The third-order valence-electron chi connectivity index (χ3n) is 5.76. The fourth-order valence-corrected chi connectivity index (χ4v) is 5.11. The normalized spacial score (nSPS) is 17.9. The van der Waals surface area contributed by atoms with Crippen molar-refractivity contribution in [2.75, 3.05) is 5.32 Å². The molecule has 1 atom stereocenters. The van der Waals surface area contributed by atoms with Crippen LogP contribution in [-0.2, 0) is 17.6 Å². The van der Waals surface area contributed by atoms with Crippen molar-refractivity contribution in [1.29, 1.82) is 0 Å². The topological polar surface area (TPSA) is 72.2 Å². The first-order valence-electron chi connectivity index (χ1n) is 10.2. The van der Waals surface area contributed by atoms with Gasteiger partial charge in [-0.05, 0) is 30.7 Å². The highest BCUT2D eigenvalue weighted by atomic mass is 32.1. The molecule has 4 nitrogen and oxygen atoms in total. The average Bonchev–Trinajstić information content (AvgIpc) is 3.09. The summed E-state index contributed by atoms with van der Waals surface area (Å²) in [6.45, 7) is 1.84. The smallest absolute Gasteiger partial charge is 0.365 e. The molecule has 2 amide bonds. The predicted octanol–water partition coefficient (Wildman–Crippen LogP) is 6.43. The standard InChI is InChI=1S/C19H17F13N2O2S/c1-2-3-7-4-5-8-9(6-7)37-12(10(8)11(33)35)34-13(36)14(20,21)15(22,23)16(24,25)17(26,27)18(28,29)19(30,31)32/h7H,2-6H2,1H3,(H2,33,35)(H,34,36). The predicted molar refractivity (Wildman–Crippen MR) is 103 cm³/mol. The van der Waals surface area contributed by atoms with Crippen molar-refractivity contribution in [3.8, 4) is 0 Å². The Morgan fingerprint density at radius 3 is 1.86 bits per heavy atom. The van der Waals surface area contributed by atoms with Crippen LogP contribution in [0.1, 0.15) is 47.0 Å². The Labute approximate surface area is 203 Å². The molecular weight excluding hydrogens is 567 g/mol. The maximum atomic E-state index is 14.2. The second kappa shape index (κ2) is 9.48. The monoisotopic (exact) mass is 584 g/mol. The molecule has 2 rings (SSSR count). The van der Waals surface area contributed by atoms with Gasteiger partial charge in [0.25, 0.3) is 5.91 Å². The van der Waals surface area contributed by atoms with Gasteiger partial charge in [-0.2, -0.15) is 57.1 Å². The maximum Gasteiger partial charge on any atom is 0.460 e. The lowest BCUT2D eigenvalue weighted by atomic mass is 9.84. The van der Waals surface area contributed by atoms with E-state index in [0.29, 0.717) is 29.1 Å². The van der Waals surface area contributed by atoms with Crippen LogP contribution in [0.5, 0.6) is 0 Å². The Balaban J connectivity index is 2.48. The van der Waals surface area contributed by atoms with Crippen LogP contribution in [-0.4, -0.2) is 47.6 Å². The van der Waals surface area contributed by atoms with Crippen molar-refractivity contribution in [2.45, 2.75) is 74.8 Å². The van der Waals surface area contributed by atoms with Gasteiger partial charge in [0.05, 0.1) is 5.56 Å². The van der Waals surface area contributed by atoms with E-state index in [1.807, 2.05) is 6.92 Å². The van der Waals surface area contributed by atoms with E-state index in [0.717, 1.165) is 11.7 Å². The Morgan fingerprint density at radius 2 is 1.41 bits per heavy atom. The Bertz CT molecular complexity index is 1050. The van der Waals surface area contributed by atoms with Gasteiger partial charge < -0.3 is 11.1 Å². The van der Waals surface area contributed by atoms with Crippen LogP contribution in [0, 0.1) is 5.92 Å². The van der Waals surface area contributed by atoms with E-state index in [1.165, 1.54) is 0 Å². The number of anilines is 1. The largest absolute Gasteiger partial charge is 0.460 e. The molecule has 1 aromatic heterocycles. The number of nitrogens with one attached hydrogen (secondary N) is 1. The number of amides is 2. The third-order valence-corrected chi connectivity index (χ3v) is 6.93. The summed E-state index contributed by atoms with van der Waals surface area (Å²) in [5.74, 6) is -43.7. The number of hydrogen-bond donors (Lipinski definition) is 2. The molecule has 1 unspecified atom stereocenters. The number of carbonyl (C=O) groups excluding carboxylic acids is 2. The molecule has 0 saturated heterocycles. The summed E-state index contributed by atoms with van der Waals surface area (Å²) in [6, 6.07) is 0. The van der Waals surface area contributed by atoms with Gasteiger partial charge in [0.2, 0.25) is 0 Å². The zero-order valence-electron chi connectivity index (χ0n) is 18.3. The Morgan fingerprint density at radius 1 is 0.892 bits per heavy atom. The molecule has 0 saturated carbocycles. The van der Waals surface area contributed by atoms with Gasteiger partial charge in [-0.1, -0.05) is 19.8 Å². The zero-order valence-corrected chi connectivity index (χ0v) is 19.1. The van der Waals surface area contributed by atoms with Crippen molar-refractivity contribution >= 4 is 28.2 Å². The number of nitrogens with two attached hydrogens (primary N) is 1. The molecule has 212 valence electrons. The molecule has 0 radical (unpaired) electrons. The molecule has 1 heterocycles. The number of carbonyl (C=O) groups is 2. The molecule has 0 spiro atoms. The molecule has 0 aliphatic heterocycles. The second-order valence-electron chi connectivity index (χ2n) is 8.29. The number of primary amides is 1. The first kappa shape index (κ1) is 31.0. The summed E-state index contributed by atoms with van der Waals surface area (Å²) in [5, 5.41) is 0.0566. The minimum absolute atomic E-state index is 0.0300. The van der Waals surface area contributed by atoms with Crippen molar-refractivity contribution in [3.63, 3.8) is 0 Å². The summed E-state index contributed by atoms with van der Waals surface area (Å²) in [7, 11) is 0. The van der Waals surface area contributed by atoms with Gasteiger partial charge in [0.15, 0.2) is 0 Å². The number of hydrogen-bond acceptors (Lipinski definition) is 3. The van der Waals surface area contributed by atoms with Crippen LogP contribution in [0.15, 0.2) is 0 Å². The van der Waals surface area contributed by atoms with E-state index in [4.69, 9.17) is 5.73 Å². The average molecular weight is 584 g/mol. The summed E-state index contributed by atoms with van der Waals surface area (Å²) >= 11 is 0.380. The molecule has 1 aliphatic carbocycles. The summed E-state index contributed by atoms with van der Waals surface area (Å²) < 4.78 is 173. The van der Waals surface area contributed by atoms with Crippen LogP contribution in [0.4, 0.5) is 62.1 Å². The van der Waals surface area contributed by atoms with E-state index in [1.54, 1.807) is 0 Å².